The Labute approximate surface area is 547 Å². The molecule has 0 aromatic heterocycles. The van der Waals surface area contributed by atoms with Gasteiger partial charge in [-0.1, -0.05) is 327 Å². The standard InChI is InChI=1S/C79H134NO8P/c1-3-5-7-9-11-13-15-17-19-21-23-25-27-29-31-33-35-36-37-38-39-40-42-43-45-47-49-51-53-55-57-59-61-63-65-67-69-71-78(81)85-75-77(76-87-89(83,84)86-74-73-80)88-79(82)72-70-68-66-64-62-60-58-56-54-52-50-48-46-44-41-34-32-30-28-26-24-22-20-18-16-14-12-10-8-6-4-2/h5-8,11-14,17-20,23-26,29-32,41,44,48,50,77H,3-4,9-10,15-16,21-22,27-28,33-40,42-43,45-47,49,51-76,80H2,1-2H3,(H,83,84)/b7-5-,8-6-,13-11-,14-12-,19-17-,20-18-,25-23-,26-24-,31-29-,32-30-,44-41-,50-48-. The van der Waals surface area contributed by atoms with Gasteiger partial charge in [-0.15, -0.1) is 0 Å². The van der Waals surface area contributed by atoms with Gasteiger partial charge < -0.3 is 20.1 Å². The van der Waals surface area contributed by atoms with Crippen molar-refractivity contribution in [3.05, 3.63) is 146 Å². The zero-order chi connectivity index (χ0) is 64.4. The molecule has 0 radical (unpaired) electrons. The predicted octanol–water partition coefficient (Wildman–Crippen LogP) is 24.2. The first-order valence-electron chi connectivity index (χ1n) is 36.3. The van der Waals surface area contributed by atoms with Gasteiger partial charge in [-0.25, -0.2) is 4.57 Å². The van der Waals surface area contributed by atoms with Gasteiger partial charge >= 0.3 is 19.8 Å². The summed E-state index contributed by atoms with van der Waals surface area (Å²) in [5.74, 6) is -0.831. The fourth-order valence-electron chi connectivity index (χ4n) is 9.94. The fraction of sp³-hybridized carbons (Fsp3) is 0.671. The van der Waals surface area contributed by atoms with Gasteiger partial charge in [0.25, 0.3) is 0 Å². The highest BCUT2D eigenvalue weighted by atomic mass is 31.2. The topological polar surface area (TPSA) is 134 Å². The number of hydrogen-bond donors (Lipinski definition) is 2. The average Bonchev–Trinajstić information content (AvgIpc) is 3.68. The molecule has 89 heavy (non-hydrogen) atoms. The average molecular weight is 1260 g/mol. The summed E-state index contributed by atoms with van der Waals surface area (Å²) < 4.78 is 33.2. The fourth-order valence-corrected chi connectivity index (χ4v) is 10.7. The zero-order valence-corrected chi connectivity index (χ0v) is 58.0. The maximum atomic E-state index is 12.8. The molecule has 2 atom stereocenters. The van der Waals surface area contributed by atoms with Crippen LogP contribution in [-0.2, 0) is 32.7 Å². The van der Waals surface area contributed by atoms with E-state index in [1.165, 1.54) is 154 Å². The molecule has 0 bridgehead atoms. The molecular weight excluding hydrogens is 1120 g/mol. The molecule has 0 saturated heterocycles. The summed E-state index contributed by atoms with van der Waals surface area (Å²) in [6, 6.07) is 0. The van der Waals surface area contributed by atoms with Crippen LogP contribution >= 0.6 is 7.82 Å². The van der Waals surface area contributed by atoms with Gasteiger partial charge in [-0.3, -0.25) is 18.6 Å². The lowest BCUT2D eigenvalue weighted by Crippen LogP contribution is -2.29. The van der Waals surface area contributed by atoms with E-state index in [-0.39, 0.29) is 38.6 Å². The van der Waals surface area contributed by atoms with Crippen molar-refractivity contribution in [2.75, 3.05) is 26.4 Å². The first-order valence-corrected chi connectivity index (χ1v) is 37.8. The minimum atomic E-state index is -4.40. The maximum absolute atomic E-state index is 12.8. The van der Waals surface area contributed by atoms with E-state index < -0.39 is 26.5 Å². The normalized spacial score (nSPS) is 13.8. The van der Waals surface area contributed by atoms with Crippen molar-refractivity contribution in [1.82, 2.24) is 0 Å². The van der Waals surface area contributed by atoms with E-state index in [1.54, 1.807) is 0 Å². The van der Waals surface area contributed by atoms with E-state index in [9.17, 15) is 19.0 Å². The third-order valence-corrected chi connectivity index (χ3v) is 16.2. The Balaban J connectivity index is 3.88. The number of phosphoric ester groups is 1. The van der Waals surface area contributed by atoms with E-state index in [1.807, 2.05) is 0 Å². The molecule has 0 heterocycles. The van der Waals surface area contributed by atoms with Crippen molar-refractivity contribution >= 4 is 19.8 Å². The van der Waals surface area contributed by atoms with Crippen LogP contribution in [0.2, 0.25) is 0 Å². The van der Waals surface area contributed by atoms with Gasteiger partial charge in [-0.2, -0.15) is 0 Å². The van der Waals surface area contributed by atoms with E-state index in [2.05, 4.69) is 160 Å². The smallest absolute Gasteiger partial charge is 0.462 e. The Morgan fingerprint density at radius 1 is 0.337 bits per heavy atom. The Hall–Kier alpha value is -4.11. The molecule has 0 saturated carbocycles. The number of unbranched alkanes of at least 4 members (excludes halogenated alkanes) is 30. The van der Waals surface area contributed by atoms with Crippen molar-refractivity contribution in [2.24, 2.45) is 5.73 Å². The molecule has 0 fully saturated rings. The van der Waals surface area contributed by atoms with Crippen LogP contribution in [0.5, 0.6) is 0 Å². The van der Waals surface area contributed by atoms with Crippen LogP contribution in [0.25, 0.3) is 0 Å². The molecule has 0 aromatic carbocycles. The molecule has 0 spiro atoms. The molecule has 2 unspecified atom stereocenters. The minimum Gasteiger partial charge on any atom is -0.462 e. The summed E-state index contributed by atoms with van der Waals surface area (Å²) in [7, 11) is -4.40. The number of rotatable bonds is 67. The van der Waals surface area contributed by atoms with Crippen LogP contribution in [0.1, 0.15) is 309 Å². The summed E-state index contributed by atoms with van der Waals surface area (Å²) in [5.41, 5.74) is 5.41. The molecule has 10 heteroatoms. The van der Waals surface area contributed by atoms with Crippen molar-refractivity contribution in [1.29, 1.82) is 0 Å². The number of esters is 2. The lowest BCUT2D eigenvalue weighted by atomic mass is 10.0. The third kappa shape index (κ3) is 72.8. The molecule has 0 aliphatic rings. The van der Waals surface area contributed by atoms with E-state index >= 15 is 0 Å². The lowest BCUT2D eigenvalue weighted by molar-refractivity contribution is -0.161. The Kier molecular flexibility index (Phi) is 69.6. The predicted molar refractivity (Wildman–Crippen MR) is 385 cm³/mol. The van der Waals surface area contributed by atoms with Crippen molar-refractivity contribution in [2.45, 2.75) is 315 Å². The van der Waals surface area contributed by atoms with Crippen LogP contribution in [0, 0.1) is 0 Å². The molecular formula is C79H134NO8P. The van der Waals surface area contributed by atoms with Crippen LogP contribution in [-0.4, -0.2) is 49.3 Å². The highest BCUT2D eigenvalue weighted by Crippen LogP contribution is 2.43. The van der Waals surface area contributed by atoms with Crippen LogP contribution in [0.15, 0.2) is 146 Å². The highest BCUT2D eigenvalue weighted by molar-refractivity contribution is 7.47. The summed E-state index contributed by atoms with van der Waals surface area (Å²) in [5, 5.41) is 0. The van der Waals surface area contributed by atoms with E-state index in [4.69, 9.17) is 24.3 Å². The van der Waals surface area contributed by atoms with Crippen molar-refractivity contribution < 1.29 is 37.6 Å². The van der Waals surface area contributed by atoms with E-state index in [0.717, 1.165) is 122 Å². The number of carbonyl (C=O) groups excluding carboxylic acids is 2. The van der Waals surface area contributed by atoms with Gasteiger partial charge in [0.1, 0.15) is 6.61 Å². The third-order valence-electron chi connectivity index (χ3n) is 15.2. The lowest BCUT2D eigenvalue weighted by Gasteiger charge is -2.19. The number of carbonyl (C=O) groups is 2. The number of phosphoric acid groups is 1. The van der Waals surface area contributed by atoms with Gasteiger partial charge in [0, 0.05) is 19.4 Å². The number of allylic oxidation sites excluding steroid dienone is 24. The monoisotopic (exact) mass is 1260 g/mol. The molecule has 0 rings (SSSR count). The summed E-state index contributed by atoms with van der Waals surface area (Å²) in [6.45, 7) is 3.53. The number of nitrogens with two attached hydrogens (primary N) is 1. The van der Waals surface area contributed by atoms with Crippen molar-refractivity contribution in [3.8, 4) is 0 Å². The summed E-state index contributed by atoms with van der Waals surface area (Å²) >= 11 is 0. The Bertz CT molecular complexity index is 1970. The minimum absolute atomic E-state index is 0.0473. The Morgan fingerprint density at radius 3 is 0.865 bits per heavy atom. The SMILES string of the molecule is CC/C=C\C/C=C\C/C=C\C/C=C\C/C=C\C/C=C\C/C=C\CCCCCCCCCCCC(=O)OC(COC(=O)CCCCCCCCCCCCCCCCCCCCCCC/C=C\C/C=C\C/C=C\C/C=C\C/C=C\CC)COP(=O)(O)OCCN. The molecule has 0 amide bonds. The van der Waals surface area contributed by atoms with Gasteiger partial charge in [0.2, 0.25) is 0 Å². The van der Waals surface area contributed by atoms with Crippen molar-refractivity contribution in [3.63, 3.8) is 0 Å². The molecule has 3 N–H and O–H groups in total. The van der Waals surface area contributed by atoms with Gasteiger partial charge in [0.15, 0.2) is 6.10 Å². The quantitative estimate of drug-likeness (QED) is 0.0264. The number of ether oxygens (including phenoxy) is 2. The van der Waals surface area contributed by atoms with Crippen LogP contribution in [0.4, 0.5) is 0 Å². The molecule has 0 aromatic rings. The van der Waals surface area contributed by atoms with Gasteiger partial charge in [-0.05, 0) is 116 Å². The molecule has 0 aliphatic carbocycles. The first kappa shape index (κ1) is 84.9. The molecule has 0 aliphatic heterocycles. The largest absolute Gasteiger partial charge is 0.472 e. The first-order chi connectivity index (χ1) is 43.8. The highest BCUT2D eigenvalue weighted by Gasteiger charge is 2.26. The second kappa shape index (κ2) is 72.9. The second-order valence-corrected chi connectivity index (χ2v) is 25.1. The zero-order valence-electron chi connectivity index (χ0n) is 57.1. The van der Waals surface area contributed by atoms with E-state index in [0.29, 0.717) is 6.42 Å². The second-order valence-electron chi connectivity index (χ2n) is 23.7. The van der Waals surface area contributed by atoms with Crippen LogP contribution in [0.3, 0.4) is 0 Å². The Morgan fingerprint density at radius 2 is 0.584 bits per heavy atom. The summed E-state index contributed by atoms with van der Waals surface area (Å²) in [4.78, 5) is 35.4. The summed E-state index contributed by atoms with van der Waals surface area (Å²) in [6.07, 6.45) is 105. The number of hydrogen-bond acceptors (Lipinski definition) is 8. The molecule has 508 valence electrons. The molecule has 9 nitrogen and oxygen atoms in total. The maximum Gasteiger partial charge on any atom is 0.472 e. The van der Waals surface area contributed by atoms with Crippen LogP contribution < -0.4 is 5.73 Å². The van der Waals surface area contributed by atoms with Gasteiger partial charge in [0.05, 0.1) is 13.2 Å².